The van der Waals surface area contributed by atoms with Crippen LogP contribution in [-0.4, -0.2) is 21.4 Å². The van der Waals surface area contributed by atoms with Crippen molar-refractivity contribution in [2.45, 2.75) is 17.5 Å². The first-order chi connectivity index (χ1) is 11.6. The smallest absolute Gasteiger partial charge is 0.326 e. The first-order valence-electron chi connectivity index (χ1n) is 7.11. The number of amides is 1. The maximum absolute atomic E-state index is 12.7. The Morgan fingerprint density at radius 2 is 1.72 bits per heavy atom. The first kappa shape index (κ1) is 18.9. The zero-order chi connectivity index (χ0) is 18.7. The predicted molar refractivity (Wildman–Crippen MR) is 86.5 cm³/mol. The summed E-state index contributed by atoms with van der Waals surface area (Å²) in [4.78, 5) is 12.0. The second-order valence-electron chi connectivity index (χ2n) is 5.16. The number of carbonyl (C=O) groups excluding carboxylic acids is 1. The molecule has 2 rings (SSSR count). The van der Waals surface area contributed by atoms with Gasteiger partial charge in [0.2, 0.25) is 15.9 Å². The van der Waals surface area contributed by atoms with Crippen LogP contribution in [0.15, 0.2) is 53.4 Å². The molecule has 5 nitrogen and oxygen atoms in total. The number of anilines is 1. The van der Waals surface area contributed by atoms with Crippen molar-refractivity contribution in [3.8, 4) is 0 Å². The van der Waals surface area contributed by atoms with E-state index in [-0.39, 0.29) is 16.9 Å². The Kier molecular flexibility index (Phi) is 5.48. The minimum absolute atomic E-state index is 0.0332. The Balaban J connectivity index is 2.06. The number of alkyl halides is 3. The van der Waals surface area contributed by atoms with E-state index in [1.54, 1.807) is 0 Å². The fourth-order valence-electron chi connectivity index (χ4n) is 2.08. The van der Waals surface area contributed by atoms with Crippen LogP contribution in [-0.2, 0) is 27.4 Å². The number of nitrogens with one attached hydrogen (secondary N) is 2. The van der Waals surface area contributed by atoms with Crippen LogP contribution in [0.3, 0.4) is 0 Å². The lowest BCUT2D eigenvalue weighted by atomic mass is 10.1. The number of rotatable bonds is 5. The number of benzene rings is 2. The van der Waals surface area contributed by atoms with E-state index in [1.807, 2.05) is 0 Å². The lowest BCUT2D eigenvalue weighted by Gasteiger charge is -2.09. The Labute approximate surface area is 142 Å². The molecule has 134 valence electrons. The molecule has 0 spiro atoms. The van der Waals surface area contributed by atoms with Gasteiger partial charge in [0, 0.05) is 5.69 Å². The molecule has 0 saturated heterocycles. The molecule has 0 radical (unpaired) electrons. The van der Waals surface area contributed by atoms with Crippen molar-refractivity contribution in [3.63, 3.8) is 0 Å². The fraction of sp³-hybridized carbons (Fsp3) is 0.188. The number of hydrogen-bond acceptors (Lipinski definition) is 3. The highest BCUT2D eigenvalue weighted by atomic mass is 32.2. The van der Waals surface area contributed by atoms with Gasteiger partial charge in [-0.15, -0.1) is 0 Å². The van der Waals surface area contributed by atoms with Gasteiger partial charge in [-0.3, -0.25) is 4.79 Å². The van der Waals surface area contributed by atoms with Crippen LogP contribution in [0, 0.1) is 0 Å². The number of halogens is 3. The molecular weight excluding hydrogens is 357 g/mol. The molecule has 0 aliphatic heterocycles. The molecule has 9 heteroatoms. The summed E-state index contributed by atoms with van der Waals surface area (Å²) in [5, 5.41) is 2.51. The van der Waals surface area contributed by atoms with Crippen LogP contribution in [0.5, 0.6) is 0 Å². The molecule has 0 aromatic heterocycles. The van der Waals surface area contributed by atoms with Gasteiger partial charge in [0.1, 0.15) is 0 Å². The third-order valence-electron chi connectivity index (χ3n) is 3.34. The van der Waals surface area contributed by atoms with Gasteiger partial charge in [0.25, 0.3) is 0 Å². The van der Waals surface area contributed by atoms with Gasteiger partial charge in [-0.2, -0.15) is 13.2 Å². The number of hydrogen-bond donors (Lipinski definition) is 2. The third kappa shape index (κ3) is 5.04. The molecule has 25 heavy (non-hydrogen) atoms. The van der Waals surface area contributed by atoms with Crippen molar-refractivity contribution in [3.05, 3.63) is 59.7 Å². The van der Waals surface area contributed by atoms with E-state index < -0.39 is 27.7 Å². The van der Waals surface area contributed by atoms with Crippen LogP contribution in [0.1, 0.15) is 11.1 Å². The van der Waals surface area contributed by atoms with Crippen molar-refractivity contribution >= 4 is 21.6 Å². The quantitative estimate of drug-likeness (QED) is 0.848. The highest BCUT2D eigenvalue weighted by Gasteiger charge is 2.30. The van der Waals surface area contributed by atoms with Crippen molar-refractivity contribution in [2.24, 2.45) is 0 Å². The molecule has 0 bridgehead atoms. The average Bonchev–Trinajstić information content (AvgIpc) is 2.54. The summed E-state index contributed by atoms with van der Waals surface area (Å²) in [6.45, 7) is 0. The zero-order valence-electron chi connectivity index (χ0n) is 13.1. The van der Waals surface area contributed by atoms with E-state index in [0.29, 0.717) is 5.69 Å². The monoisotopic (exact) mass is 372 g/mol. The van der Waals surface area contributed by atoms with Crippen molar-refractivity contribution in [2.75, 3.05) is 12.4 Å². The van der Waals surface area contributed by atoms with Gasteiger partial charge in [0.15, 0.2) is 0 Å². The minimum atomic E-state index is -4.47. The highest BCUT2D eigenvalue weighted by Crippen LogP contribution is 2.29. The summed E-state index contributed by atoms with van der Waals surface area (Å²) in [6.07, 6.45) is -4.71. The predicted octanol–water partition coefficient (Wildman–Crippen LogP) is 2.79. The van der Waals surface area contributed by atoms with E-state index >= 15 is 0 Å². The Hall–Kier alpha value is -2.39. The number of carbonyl (C=O) groups is 1. The summed E-state index contributed by atoms with van der Waals surface area (Å²) in [6, 6.07) is 9.94. The molecule has 2 N–H and O–H groups in total. The largest absolute Gasteiger partial charge is 0.416 e. The van der Waals surface area contributed by atoms with E-state index in [1.165, 1.54) is 43.4 Å². The summed E-state index contributed by atoms with van der Waals surface area (Å²) < 4.78 is 63.3. The highest BCUT2D eigenvalue weighted by molar-refractivity contribution is 7.89. The standard InChI is InChI=1S/C16H15F3N2O3S/c1-20-25(23,24)14-7-5-13(6-8-14)21-15(22)10-11-3-2-4-12(9-11)16(17,18)19/h2-9,20H,10H2,1H3,(H,21,22). The Morgan fingerprint density at radius 1 is 1.08 bits per heavy atom. The molecule has 0 aliphatic rings. The minimum Gasteiger partial charge on any atom is -0.326 e. The van der Waals surface area contributed by atoms with Gasteiger partial charge in [-0.1, -0.05) is 18.2 Å². The third-order valence-corrected chi connectivity index (χ3v) is 4.77. The van der Waals surface area contributed by atoms with Crippen molar-refractivity contribution in [1.82, 2.24) is 4.72 Å². The number of sulfonamides is 1. The molecule has 2 aromatic carbocycles. The van der Waals surface area contributed by atoms with Gasteiger partial charge in [0.05, 0.1) is 16.9 Å². The van der Waals surface area contributed by atoms with Crippen LogP contribution >= 0.6 is 0 Å². The van der Waals surface area contributed by atoms with Crippen LogP contribution < -0.4 is 10.0 Å². The van der Waals surface area contributed by atoms with Crippen LogP contribution in [0.2, 0.25) is 0 Å². The molecule has 0 aliphatic carbocycles. The maximum atomic E-state index is 12.7. The average molecular weight is 372 g/mol. The normalized spacial score (nSPS) is 12.0. The Morgan fingerprint density at radius 3 is 2.28 bits per heavy atom. The van der Waals surface area contributed by atoms with E-state index in [4.69, 9.17) is 0 Å². The molecular formula is C16H15F3N2O3S. The zero-order valence-corrected chi connectivity index (χ0v) is 13.9. The summed E-state index contributed by atoms with van der Waals surface area (Å²) in [5.41, 5.74) is -0.256. The summed E-state index contributed by atoms with van der Waals surface area (Å²) in [5.74, 6) is -0.511. The second-order valence-corrected chi connectivity index (χ2v) is 7.04. The van der Waals surface area contributed by atoms with Crippen LogP contribution in [0.25, 0.3) is 0 Å². The SMILES string of the molecule is CNS(=O)(=O)c1ccc(NC(=O)Cc2cccc(C(F)(F)F)c2)cc1. The van der Waals surface area contributed by atoms with Gasteiger partial charge in [-0.25, -0.2) is 13.1 Å². The molecule has 0 saturated carbocycles. The van der Waals surface area contributed by atoms with Crippen molar-refractivity contribution < 1.29 is 26.4 Å². The lowest BCUT2D eigenvalue weighted by molar-refractivity contribution is -0.137. The van der Waals surface area contributed by atoms with Gasteiger partial charge in [-0.05, 0) is 42.9 Å². The van der Waals surface area contributed by atoms with Gasteiger partial charge < -0.3 is 5.32 Å². The van der Waals surface area contributed by atoms with E-state index in [0.717, 1.165) is 12.1 Å². The van der Waals surface area contributed by atoms with Crippen LogP contribution in [0.4, 0.5) is 18.9 Å². The maximum Gasteiger partial charge on any atom is 0.416 e. The Bertz CT molecular complexity index is 863. The molecule has 1 amide bonds. The topological polar surface area (TPSA) is 75.3 Å². The summed E-state index contributed by atoms with van der Waals surface area (Å²) >= 11 is 0. The molecule has 0 unspecified atom stereocenters. The first-order valence-corrected chi connectivity index (χ1v) is 8.60. The molecule has 0 heterocycles. The summed E-state index contributed by atoms with van der Waals surface area (Å²) in [7, 11) is -2.30. The second kappa shape index (κ2) is 7.24. The van der Waals surface area contributed by atoms with E-state index in [2.05, 4.69) is 10.0 Å². The van der Waals surface area contributed by atoms with Crippen molar-refractivity contribution in [1.29, 1.82) is 0 Å². The van der Waals surface area contributed by atoms with Gasteiger partial charge >= 0.3 is 6.18 Å². The molecule has 0 atom stereocenters. The molecule has 2 aromatic rings. The lowest BCUT2D eigenvalue weighted by Crippen LogP contribution is -2.19. The fourth-order valence-corrected chi connectivity index (χ4v) is 2.81. The van der Waals surface area contributed by atoms with E-state index in [9.17, 15) is 26.4 Å². The molecule has 0 fully saturated rings.